The molecule has 48 heavy (non-hydrogen) atoms. The summed E-state index contributed by atoms with van der Waals surface area (Å²) >= 11 is 0. The third-order valence-electron chi connectivity index (χ3n) is 7.74. The number of nitrogens with zero attached hydrogens (tertiary/aromatic N) is 4. The monoisotopic (exact) mass is 690 g/mol. The number of unbranched alkanes of at least 4 members (excludes halogenated alkanes) is 5. The van der Waals surface area contributed by atoms with Gasteiger partial charge in [0.2, 0.25) is 0 Å². The van der Waals surface area contributed by atoms with Gasteiger partial charge < -0.3 is 25.4 Å². The van der Waals surface area contributed by atoms with Gasteiger partial charge in [-0.15, -0.1) is 6.42 Å². The van der Waals surface area contributed by atoms with Crippen molar-refractivity contribution in [3.63, 3.8) is 0 Å². The zero-order chi connectivity index (χ0) is 34.7. The number of carbonyl (C=O) groups excluding carboxylic acids is 1. The quantitative estimate of drug-likeness (QED) is 0.0466. The van der Waals surface area contributed by atoms with Gasteiger partial charge in [-0.1, -0.05) is 75.3 Å². The Morgan fingerprint density at radius 3 is 2.67 bits per heavy atom. The van der Waals surface area contributed by atoms with Crippen LogP contribution < -0.4 is 10.8 Å². The third kappa shape index (κ3) is 9.56. The predicted molar refractivity (Wildman–Crippen MR) is 171 cm³/mol. The maximum absolute atomic E-state index is 14.1. The number of imidazole rings is 1. The SMILES string of the molecule is C#C[C@]1(CO[P@@](=O)(NC(Cc2ccccc2)C(=O)O)OCC(=O)OCCCCCCCC)O[C@@H](n2cnc3c(N)nc(F)nc32)C[C@@H]1O. The summed E-state index contributed by atoms with van der Waals surface area (Å²) in [4.78, 5) is 35.9. The molecule has 0 bridgehead atoms. The van der Waals surface area contributed by atoms with Crippen molar-refractivity contribution in [2.75, 3.05) is 25.6 Å². The highest BCUT2D eigenvalue weighted by molar-refractivity contribution is 7.51. The van der Waals surface area contributed by atoms with Crippen LogP contribution in [-0.4, -0.2) is 79.2 Å². The molecule has 4 rings (SSSR count). The first-order valence-corrected chi connectivity index (χ1v) is 17.1. The summed E-state index contributed by atoms with van der Waals surface area (Å²) in [5.41, 5.74) is 4.48. The van der Waals surface area contributed by atoms with Crippen molar-refractivity contribution in [1.82, 2.24) is 24.6 Å². The molecule has 0 spiro atoms. The molecule has 2 aromatic heterocycles. The van der Waals surface area contributed by atoms with Crippen LogP contribution in [-0.2, 0) is 39.1 Å². The summed E-state index contributed by atoms with van der Waals surface area (Å²) in [7, 11) is -4.67. The number of nitrogen functional groups attached to an aromatic ring is 1. The molecule has 1 aliphatic rings. The second-order valence-electron chi connectivity index (χ2n) is 11.3. The summed E-state index contributed by atoms with van der Waals surface area (Å²) in [5, 5.41) is 23.4. The standard InChI is InChI=1S/C31H40FN6O9P/c1-3-5-6-7-8-12-15-44-25(40)18-45-48(43,37-22(29(41)42)16-21-13-10-9-11-14-21)46-19-31(4-2)23(39)17-24(47-31)38-20-34-26-27(33)35-30(32)36-28(26)38/h2,9-11,13-14,20,22-24,39H,3,5-8,12,15-19H2,1H3,(H,37,43)(H,41,42)(H2,33,35,36)/t22?,23-,24+,31+,48+/m0/s1. The first-order valence-electron chi connectivity index (χ1n) is 15.6. The van der Waals surface area contributed by atoms with E-state index in [0.29, 0.717) is 12.0 Å². The molecule has 1 unspecified atom stereocenters. The number of carboxylic acids is 1. The highest BCUT2D eigenvalue weighted by Gasteiger charge is 2.50. The van der Waals surface area contributed by atoms with Crippen molar-refractivity contribution < 1.29 is 47.3 Å². The normalized spacial score (nSPS) is 21.0. The number of aliphatic hydroxyl groups excluding tert-OH is 1. The first kappa shape index (κ1) is 36.9. The molecule has 1 aromatic carbocycles. The first-order chi connectivity index (χ1) is 23.0. The lowest BCUT2D eigenvalue weighted by atomic mass is 9.99. The van der Waals surface area contributed by atoms with E-state index in [1.54, 1.807) is 30.3 Å². The molecular weight excluding hydrogens is 650 g/mol. The molecule has 5 atom stereocenters. The second kappa shape index (κ2) is 16.9. The van der Waals surface area contributed by atoms with Crippen molar-refractivity contribution in [3.8, 4) is 12.3 Å². The van der Waals surface area contributed by atoms with E-state index in [-0.39, 0.29) is 36.4 Å². The molecular formula is C31H40FN6O9P. The molecule has 1 aliphatic heterocycles. The Bertz CT molecular complexity index is 1640. The Morgan fingerprint density at radius 2 is 1.96 bits per heavy atom. The molecule has 3 heterocycles. The van der Waals surface area contributed by atoms with E-state index in [0.717, 1.165) is 32.1 Å². The molecule has 15 nitrogen and oxygen atoms in total. The molecule has 1 fully saturated rings. The Balaban J connectivity index is 1.48. The number of aromatic nitrogens is 4. The zero-order valence-corrected chi connectivity index (χ0v) is 27.4. The predicted octanol–water partition coefficient (Wildman–Crippen LogP) is 3.53. The largest absolute Gasteiger partial charge is 0.480 e. The van der Waals surface area contributed by atoms with Crippen LogP contribution in [0.15, 0.2) is 36.7 Å². The lowest BCUT2D eigenvalue weighted by Gasteiger charge is -2.29. The van der Waals surface area contributed by atoms with Gasteiger partial charge in [0.1, 0.15) is 25.0 Å². The van der Waals surface area contributed by atoms with Crippen LogP contribution >= 0.6 is 7.75 Å². The van der Waals surface area contributed by atoms with Crippen molar-refractivity contribution >= 4 is 36.7 Å². The van der Waals surface area contributed by atoms with Gasteiger partial charge in [0.15, 0.2) is 29.2 Å². The number of nitrogens with one attached hydrogen (secondary N) is 1. The van der Waals surface area contributed by atoms with Gasteiger partial charge in [-0.25, -0.2) is 19.4 Å². The van der Waals surface area contributed by atoms with E-state index < -0.39 is 63.0 Å². The van der Waals surface area contributed by atoms with E-state index in [9.17, 15) is 28.8 Å². The molecule has 0 aliphatic carbocycles. The minimum absolute atomic E-state index is 0.0219. The summed E-state index contributed by atoms with van der Waals surface area (Å²) in [6, 6.07) is 7.06. The maximum Gasteiger partial charge on any atom is 0.406 e. The molecule has 17 heteroatoms. The number of nitrogens with two attached hydrogens (primary N) is 1. The fraction of sp³-hybridized carbons (Fsp3) is 0.516. The Labute approximate surface area is 276 Å². The van der Waals surface area contributed by atoms with Crippen LogP contribution in [0, 0.1) is 18.4 Å². The van der Waals surface area contributed by atoms with E-state index >= 15 is 0 Å². The summed E-state index contributed by atoms with van der Waals surface area (Å²) in [6.07, 6.45) is 9.03. The number of ether oxygens (including phenoxy) is 2. The lowest BCUT2D eigenvalue weighted by molar-refractivity contribution is -0.146. The number of aliphatic carboxylic acids is 1. The van der Waals surface area contributed by atoms with Gasteiger partial charge in [-0.05, 0) is 18.4 Å². The minimum Gasteiger partial charge on any atom is -0.480 e. The Hall–Kier alpha value is -3.97. The van der Waals surface area contributed by atoms with Gasteiger partial charge in [-0.3, -0.25) is 18.4 Å². The van der Waals surface area contributed by atoms with Crippen LogP contribution in [0.4, 0.5) is 10.2 Å². The highest BCUT2D eigenvalue weighted by atomic mass is 31.2. The van der Waals surface area contributed by atoms with Gasteiger partial charge in [0.25, 0.3) is 0 Å². The molecule has 5 N–H and O–H groups in total. The Morgan fingerprint density at radius 1 is 1.23 bits per heavy atom. The topological polar surface area (TPSA) is 210 Å². The number of carbonyl (C=O) groups is 2. The lowest BCUT2D eigenvalue weighted by Crippen LogP contribution is -2.44. The average Bonchev–Trinajstić information content (AvgIpc) is 3.63. The molecule has 3 aromatic rings. The number of anilines is 1. The average molecular weight is 691 g/mol. The van der Waals surface area contributed by atoms with Crippen molar-refractivity contribution in [3.05, 3.63) is 48.3 Å². The van der Waals surface area contributed by atoms with Crippen LogP contribution in [0.25, 0.3) is 11.2 Å². The van der Waals surface area contributed by atoms with Crippen molar-refractivity contribution in [2.45, 2.75) is 82.3 Å². The van der Waals surface area contributed by atoms with Crippen molar-refractivity contribution in [2.24, 2.45) is 0 Å². The van der Waals surface area contributed by atoms with Gasteiger partial charge in [0, 0.05) is 6.42 Å². The number of aliphatic hydroxyl groups is 1. The number of hydrogen-bond donors (Lipinski definition) is 4. The van der Waals surface area contributed by atoms with Crippen LogP contribution in [0.2, 0.25) is 0 Å². The van der Waals surface area contributed by atoms with Crippen LogP contribution in [0.3, 0.4) is 0 Å². The highest BCUT2D eigenvalue weighted by Crippen LogP contribution is 2.48. The number of hydrogen-bond acceptors (Lipinski definition) is 12. The fourth-order valence-corrected chi connectivity index (χ4v) is 6.56. The maximum atomic E-state index is 14.1. The van der Waals surface area contributed by atoms with E-state index in [1.165, 1.54) is 10.9 Å². The van der Waals surface area contributed by atoms with E-state index in [4.69, 9.17) is 30.7 Å². The number of carboxylic acid groups (broad SMARTS) is 1. The smallest absolute Gasteiger partial charge is 0.406 e. The third-order valence-corrected chi connectivity index (χ3v) is 9.31. The molecule has 0 radical (unpaired) electrons. The number of esters is 1. The Kier molecular flexibility index (Phi) is 13.0. The van der Waals surface area contributed by atoms with Crippen LogP contribution in [0.5, 0.6) is 0 Å². The zero-order valence-electron chi connectivity index (χ0n) is 26.5. The fourth-order valence-electron chi connectivity index (χ4n) is 5.11. The van der Waals surface area contributed by atoms with Gasteiger partial charge in [-0.2, -0.15) is 14.4 Å². The van der Waals surface area contributed by atoms with Crippen molar-refractivity contribution in [1.29, 1.82) is 0 Å². The molecule has 1 saturated heterocycles. The number of halogens is 1. The molecule has 0 saturated carbocycles. The summed E-state index contributed by atoms with van der Waals surface area (Å²) in [6.45, 7) is 0.642. The number of fused-ring (bicyclic) bond motifs is 1. The number of rotatable bonds is 19. The minimum atomic E-state index is -4.67. The number of benzene rings is 1. The summed E-state index contributed by atoms with van der Waals surface area (Å²) in [5.74, 6) is -0.101. The van der Waals surface area contributed by atoms with Crippen LogP contribution in [0.1, 0.15) is 63.7 Å². The van der Waals surface area contributed by atoms with Gasteiger partial charge >= 0.3 is 25.8 Å². The number of terminal acetylenes is 1. The van der Waals surface area contributed by atoms with Gasteiger partial charge in [0.05, 0.1) is 12.9 Å². The summed E-state index contributed by atoms with van der Waals surface area (Å²) < 4.78 is 51.5. The second-order valence-corrected chi connectivity index (χ2v) is 13.1. The molecule has 260 valence electrons. The molecule has 0 amide bonds. The van der Waals surface area contributed by atoms with E-state index in [1.807, 2.05) is 0 Å². The van der Waals surface area contributed by atoms with E-state index in [2.05, 4.69) is 32.9 Å².